The summed E-state index contributed by atoms with van der Waals surface area (Å²) in [4.78, 5) is 22.2. The minimum Gasteiger partial charge on any atom is -0.444 e. The zero-order valence-corrected chi connectivity index (χ0v) is 14.4. The number of halogens is 1. The third-order valence-electron chi connectivity index (χ3n) is 2.77. The maximum atomic E-state index is 12.0. The van der Waals surface area contributed by atoms with Crippen LogP contribution in [0, 0.1) is 6.92 Å². The first-order valence-corrected chi connectivity index (χ1v) is 7.64. The molecule has 1 aromatic heterocycles. The molecule has 0 fully saturated rings. The zero-order valence-electron chi connectivity index (χ0n) is 13.7. The number of carbonyl (C=O) groups is 1. The normalized spacial score (nSPS) is 14.0. The van der Waals surface area contributed by atoms with Gasteiger partial charge in [-0.25, -0.2) is 14.8 Å². The molecule has 5 nitrogen and oxygen atoms in total. The molecule has 0 saturated heterocycles. The van der Waals surface area contributed by atoms with Crippen LogP contribution in [0.2, 0.25) is 5.15 Å². The van der Waals surface area contributed by atoms with Crippen LogP contribution in [0.4, 0.5) is 4.79 Å². The van der Waals surface area contributed by atoms with Gasteiger partial charge in [0, 0.05) is 18.5 Å². The van der Waals surface area contributed by atoms with Crippen molar-refractivity contribution in [3.05, 3.63) is 22.2 Å². The van der Waals surface area contributed by atoms with Gasteiger partial charge in [0.1, 0.15) is 16.6 Å². The van der Waals surface area contributed by atoms with E-state index in [1.165, 1.54) is 0 Å². The summed E-state index contributed by atoms with van der Waals surface area (Å²) >= 11 is 6.12. The van der Waals surface area contributed by atoms with Gasteiger partial charge in [-0.05, 0) is 27.7 Å². The smallest absolute Gasteiger partial charge is 0.410 e. The van der Waals surface area contributed by atoms with E-state index in [2.05, 4.69) is 9.97 Å². The second-order valence-electron chi connectivity index (χ2n) is 5.64. The van der Waals surface area contributed by atoms with Gasteiger partial charge in [-0.2, -0.15) is 0 Å². The number of hydrogen-bond donors (Lipinski definition) is 0. The van der Waals surface area contributed by atoms with Crippen molar-refractivity contribution in [3.63, 3.8) is 0 Å². The molecule has 0 atom stereocenters. The van der Waals surface area contributed by atoms with Crippen molar-refractivity contribution in [2.24, 2.45) is 0 Å². The summed E-state index contributed by atoms with van der Waals surface area (Å²) in [5.74, 6) is 0.662. The van der Waals surface area contributed by atoms with Gasteiger partial charge in [-0.3, -0.25) is 0 Å². The number of hydrogen-bond acceptors (Lipinski definition) is 4. The highest BCUT2D eigenvalue weighted by molar-refractivity contribution is 6.30. The Bertz CT molecular complexity index is 512. The summed E-state index contributed by atoms with van der Waals surface area (Å²) in [6, 6.07) is 0. The van der Waals surface area contributed by atoms with Crippen molar-refractivity contribution in [2.75, 3.05) is 6.54 Å². The lowest BCUT2D eigenvalue weighted by atomic mass is 10.1. The largest absolute Gasteiger partial charge is 0.444 e. The van der Waals surface area contributed by atoms with Crippen LogP contribution < -0.4 is 0 Å². The molecule has 0 aliphatic carbocycles. The van der Waals surface area contributed by atoms with Gasteiger partial charge in [-0.1, -0.05) is 25.4 Å². The van der Waals surface area contributed by atoms with Gasteiger partial charge in [0.25, 0.3) is 0 Å². The number of aryl methyl sites for hydroxylation is 1. The van der Waals surface area contributed by atoms with Gasteiger partial charge in [0.05, 0.1) is 12.2 Å². The number of ether oxygens (including phenoxy) is 1. The van der Waals surface area contributed by atoms with Crippen molar-refractivity contribution in [3.8, 4) is 0 Å². The Morgan fingerprint density at radius 1 is 1.29 bits per heavy atom. The molecule has 1 aromatic rings. The number of rotatable bonds is 0. The lowest BCUT2D eigenvalue weighted by molar-refractivity contribution is 0.0222. The maximum Gasteiger partial charge on any atom is 0.410 e. The number of aromatic nitrogens is 2. The Kier molecular flexibility index (Phi) is 5.96. The van der Waals surface area contributed by atoms with Crippen LogP contribution in [0.5, 0.6) is 0 Å². The van der Waals surface area contributed by atoms with E-state index in [0.29, 0.717) is 30.5 Å². The molecule has 0 radical (unpaired) electrons. The van der Waals surface area contributed by atoms with Gasteiger partial charge >= 0.3 is 6.09 Å². The lowest BCUT2D eigenvalue weighted by Crippen LogP contribution is -2.40. The average Bonchev–Trinajstić information content (AvgIpc) is 2.38. The number of carbonyl (C=O) groups excluding carboxylic acids is 1. The topological polar surface area (TPSA) is 55.3 Å². The molecule has 1 aliphatic heterocycles. The van der Waals surface area contributed by atoms with Gasteiger partial charge < -0.3 is 9.64 Å². The van der Waals surface area contributed by atoms with E-state index in [1.54, 1.807) is 4.90 Å². The third kappa shape index (κ3) is 4.84. The van der Waals surface area contributed by atoms with Crippen molar-refractivity contribution < 1.29 is 9.53 Å². The van der Waals surface area contributed by atoms with Crippen LogP contribution in [0.15, 0.2) is 0 Å². The molecule has 0 N–H and O–H groups in total. The molecular weight excluding hydrogens is 290 g/mol. The van der Waals surface area contributed by atoms with E-state index in [9.17, 15) is 4.79 Å². The molecule has 118 valence electrons. The summed E-state index contributed by atoms with van der Waals surface area (Å²) in [7, 11) is 0. The Balaban J connectivity index is 0.00000106. The van der Waals surface area contributed by atoms with Crippen LogP contribution in [-0.4, -0.2) is 33.1 Å². The Morgan fingerprint density at radius 3 is 2.48 bits per heavy atom. The van der Waals surface area contributed by atoms with E-state index in [0.717, 1.165) is 11.3 Å². The molecule has 0 bridgehead atoms. The highest BCUT2D eigenvalue weighted by Crippen LogP contribution is 2.24. The minimum absolute atomic E-state index is 0.324. The molecule has 1 amide bonds. The zero-order chi connectivity index (χ0) is 16.2. The van der Waals surface area contributed by atoms with Gasteiger partial charge in [0.15, 0.2) is 0 Å². The van der Waals surface area contributed by atoms with Crippen molar-refractivity contribution >= 4 is 17.7 Å². The van der Waals surface area contributed by atoms with Crippen LogP contribution in [0.1, 0.15) is 51.7 Å². The molecule has 0 spiro atoms. The van der Waals surface area contributed by atoms with E-state index < -0.39 is 5.60 Å². The van der Waals surface area contributed by atoms with Gasteiger partial charge in [-0.15, -0.1) is 0 Å². The average molecular weight is 314 g/mol. The van der Waals surface area contributed by atoms with E-state index in [4.69, 9.17) is 16.3 Å². The van der Waals surface area contributed by atoms with E-state index >= 15 is 0 Å². The number of amides is 1. The summed E-state index contributed by atoms with van der Waals surface area (Å²) in [6.07, 6.45) is 0.354. The van der Waals surface area contributed by atoms with Crippen LogP contribution in [-0.2, 0) is 17.7 Å². The molecule has 2 rings (SSSR count). The highest BCUT2D eigenvalue weighted by Gasteiger charge is 2.27. The van der Waals surface area contributed by atoms with Crippen molar-refractivity contribution in [1.82, 2.24) is 14.9 Å². The van der Waals surface area contributed by atoms with Crippen LogP contribution in [0.3, 0.4) is 0 Å². The summed E-state index contributed by atoms with van der Waals surface area (Å²) in [6.45, 7) is 12.4. The Labute approximate surface area is 131 Å². The van der Waals surface area contributed by atoms with Crippen molar-refractivity contribution in [2.45, 2.75) is 60.1 Å². The molecule has 0 unspecified atom stereocenters. The second-order valence-corrected chi connectivity index (χ2v) is 6.00. The molecule has 2 heterocycles. The number of fused-ring (bicyclic) bond motifs is 1. The van der Waals surface area contributed by atoms with Crippen LogP contribution in [0.25, 0.3) is 0 Å². The van der Waals surface area contributed by atoms with Crippen molar-refractivity contribution in [1.29, 1.82) is 0 Å². The monoisotopic (exact) mass is 313 g/mol. The Hall–Kier alpha value is -1.36. The predicted molar refractivity (Wildman–Crippen MR) is 83.5 cm³/mol. The minimum atomic E-state index is -0.495. The molecular formula is C15H24ClN3O2. The summed E-state index contributed by atoms with van der Waals surface area (Å²) in [5.41, 5.74) is 1.26. The quantitative estimate of drug-likeness (QED) is 0.684. The van der Waals surface area contributed by atoms with E-state index in [-0.39, 0.29) is 6.09 Å². The SMILES string of the molecule is CC.Cc1nc(Cl)c2c(n1)CCN(C(=O)OC(C)(C)C)C2. The molecule has 21 heavy (non-hydrogen) atoms. The second kappa shape index (κ2) is 7.07. The molecule has 0 saturated carbocycles. The predicted octanol–water partition coefficient (Wildman–Crippen LogP) is 3.76. The Morgan fingerprint density at radius 2 is 1.90 bits per heavy atom. The highest BCUT2D eigenvalue weighted by atomic mass is 35.5. The first-order chi connectivity index (χ1) is 9.76. The molecule has 0 aromatic carbocycles. The molecule has 6 heteroatoms. The first-order valence-electron chi connectivity index (χ1n) is 7.26. The standard InChI is InChI=1S/C13H18ClN3O2.C2H6/c1-8-15-10-5-6-17(7-9(10)11(14)16-8)12(18)19-13(2,3)4;1-2/h5-7H2,1-4H3;1-2H3. The lowest BCUT2D eigenvalue weighted by Gasteiger charge is -2.31. The first kappa shape index (κ1) is 17.7. The number of nitrogens with zero attached hydrogens (tertiary/aromatic N) is 3. The third-order valence-corrected chi connectivity index (χ3v) is 3.09. The fourth-order valence-corrected chi connectivity index (χ4v) is 2.26. The fraction of sp³-hybridized carbons (Fsp3) is 0.667. The van der Waals surface area contributed by atoms with Gasteiger partial charge in [0.2, 0.25) is 0 Å². The summed E-state index contributed by atoms with van der Waals surface area (Å²) < 4.78 is 5.36. The summed E-state index contributed by atoms with van der Waals surface area (Å²) in [5, 5.41) is 0.427. The fourth-order valence-electron chi connectivity index (χ4n) is 1.97. The van der Waals surface area contributed by atoms with E-state index in [1.807, 2.05) is 41.5 Å². The maximum absolute atomic E-state index is 12.0. The van der Waals surface area contributed by atoms with Crippen LogP contribution >= 0.6 is 11.6 Å². The molecule has 1 aliphatic rings.